The summed E-state index contributed by atoms with van der Waals surface area (Å²) in [5.74, 6) is 3.43. The average Bonchev–Trinajstić information content (AvgIpc) is 2.74. The van der Waals surface area contributed by atoms with Gasteiger partial charge in [0.25, 0.3) is 0 Å². The second-order valence-corrected chi connectivity index (χ2v) is 8.94. The molecule has 4 aliphatic rings. The van der Waals surface area contributed by atoms with Crippen LogP contribution in [0, 0.1) is 30.1 Å². The highest BCUT2D eigenvalue weighted by Crippen LogP contribution is 2.64. The SMILES string of the molecule is Cc1nc(NC(=O)NC23CC4CC(C2)CC(C(C)C)(C4)C3)nn1C. The lowest BCUT2D eigenvalue weighted by molar-refractivity contribution is -0.0994. The van der Waals surface area contributed by atoms with Gasteiger partial charge in [0, 0.05) is 12.6 Å². The van der Waals surface area contributed by atoms with Crippen molar-refractivity contribution in [1.29, 1.82) is 0 Å². The Bertz CT molecular complexity index is 631. The van der Waals surface area contributed by atoms with E-state index in [0.29, 0.717) is 17.3 Å². The minimum atomic E-state index is -0.151. The van der Waals surface area contributed by atoms with Crippen LogP contribution in [0.1, 0.15) is 58.2 Å². The molecule has 0 aromatic carbocycles. The van der Waals surface area contributed by atoms with E-state index in [1.807, 2.05) is 14.0 Å². The van der Waals surface area contributed by atoms with Gasteiger partial charge in [-0.15, -0.1) is 5.10 Å². The molecule has 2 amide bonds. The molecule has 0 radical (unpaired) electrons. The van der Waals surface area contributed by atoms with Crippen LogP contribution < -0.4 is 10.6 Å². The van der Waals surface area contributed by atoms with Crippen molar-refractivity contribution in [2.24, 2.45) is 30.2 Å². The van der Waals surface area contributed by atoms with E-state index in [2.05, 4.69) is 34.6 Å². The van der Waals surface area contributed by atoms with Crippen molar-refractivity contribution < 1.29 is 4.79 Å². The average molecular weight is 331 g/mol. The number of hydrogen-bond acceptors (Lipinski definition) is 3. The molecule has 1 heterocycles. The van der Waals surface area contributed by atoms with E-state index in [4.69, 9.17) is 0 Å². The Balaban J connectivity index is 1.50. The van der Waals surface area contributed by atoms with Crippen molar-refractivity contribution in [1.82, 2.24) is 20.1 Å². The molecule has 4 fully saturated rings. The molecule has 0 saturated heterocycles. The first-order chi connectivity index (χ1) is 11.3. The summed E-state index contributed by atoms with van der Waals surface area (Å²) in [7, 11) is 1.83. The number of carbonyl (C=O) groups is 1. The van der Waals surface area contributed by atoms with Crippen LogP contribution in [-0.2, 0) is 7.05 Å². The number of rotatable bonds is 3. The van der Waals surface area contributed by atoms with E-state index in [-0.39, 0.29) is 11.6 Å². The lowest BCUT2D eigenvalue weighted by atomic mass is 9.44. The number of aryl methyl sites for hydroxylation is 2. The van der Waals surface area contributed by atoms with Gasteiger partial charge < -0.3 is 5.32 Å². The summed E-state index contributed by atoms with van der Waals surface area (Å²) in [4.78, 5) is 16.8. The molecule has 0 aliphatic heterocycles. The van der Waals surface area contributed by atoms with Gasteiger partial charge >= 0.3 is 6.03 Å². The Labute approximate surface area is 143 Å². The molecular formula is C18H29N5O. The zero-order chi connectivity index (χ0) is 17.1. The Morgan fingerprint density at radius 1 is 1.25 bits per heavy atom. The summed E-state index contributed by atoms with van der Waals surface area (Å²) in [6.07, 6.45) is 7.48. The maximum atomic E-state index is 12.6. The number of anilines is 1. The van der Waals surface area contributed by atoms with Gasteiger partial charge in [-0.2, -0.15) is 4.98 Å². The summed E-state index contributed by atoms with van der Waals surface area (Å²) in [5.41, 5.74) is 0.402. The largest absolute Gasteiger partial charge is 0.332 e. The van der Waals surface area contributed by atoms with Gasteiger partial charge in [0.15, 0.2) is 0 Å². The molecular weight excluding hydrogens is 302 g/mol. The first-order valence-electron chi connectivity index (χ1n) is 9.26. The maximum absolute atomic E-state index is 12.6. The second kappa shape index (κ2) is 5.20. The topological polar surface area (TPSA) is 71.8 Å². The number of hydrogen-bond donors (Lipinski definition) is 2. The molecule has 6 heteroatoms. The summed E-state index contributed by atoms with van der Waals surface area (Å²) in [5, 5.41) is 10.4. The lowest BCUT2D eigenvalue weighted by Gasteiger charge is -2.63. The molecule has 24 heavy (non-hydrogen) atoms. The van der Waals surface area contributed by atoms with Crippen LogP contribution >= 0.6 is 0 Å². The minimum absolute atomic E-state index is 0.0255. The van der Waals surface area contributed by atoms with Gasteiger partial charge in [-0.25, -0.2) is 4.79 Å². The highest BCUT2D eigenvalue weighted by atomic mass is 16.2. The number of nitrogens with one attached hydrogen (secondary N) is 2. The zero-order valence-electron chi connectivity index (χ0n) is 15.2. The van der Waals surface area contributed by atoms with Crippen molar-refractivity contribution in [3.05, 3.63) is 5.82 Å². The molecule has 4 saturated carbocycles. The van der Waals surface area contributed by atoms with E-state index in [1.54, 1.807) is 4.68 Å². The van der Waals surface area contributed by atoms with Crippen LogP contribution in [0.2, 0.25) is 0 Å². The van der Waals surface area contributed by atoms with Gasteiger partial charge in [0.1, 0.15) is 5.82 Å². The predicted octanol–water partition coefficient (Wildman–Crippen LogP) is 3.24. The smallest absolute Gasteiger partial charge is 0.322 e. The molecule has 2 unspecified atom stereocenters. The highest BCUT2D eigenvalue weighted by Gasteiger charge is 2.58. The molecule has 4 aliphatic carbocycles. The van der Waals surface area contributed by atoms with Crippen molar-refractivity contribution >= 4 is 12.0 Å². The molecule has 0 spiro atoms. The van der Waals surface area contributed by atoms with E-state index >= 15 is 0 Å². The van der Waals surface area contributed by atoms with Gasteiger partial charge in [0.2, 0.25) is 5.95 Å². The van der Waals surface area contributed by atoms with Gasteiger partial charge in [0.05, 0.1) is 0 Å². The number of urea groups is 1. The quantitative estimate of drug-likeness (QED) is 0.893. The Morgan fingerprint density at radius 3 is 2.46 bits per heavy atom. The van der Waals surface area contributed by atoms with Crippen molar-refractivity contribution in [3.63, 3.8) is 0 Å². The van der Waals surface area contributed by atoms with Crippen LogP contribution in [0.3, 0.4) is 0 Å². The van der Waals surface area contributed by atoms with Crippen LogP contribution in [0.5, 0.6) is 0 Å². The third kappa shape index (κ3) is 2.50. The van der Waals surface area contributed by atoms with Crippen molar-refractivity contribution in [2.75, 3.05) is 5.32 Å². The van der Waals surface area contributed by atoms with Crippen molar-refractivity contribution in [2.45, 2.75) is 64.8 Å². The van der Waals surface area contributed by atoms with Crippen LogP contribution in [0.15, 0.2) is 0 Å². The fraction of sp³-hybridized carbons (Fsp3) is 0.833. The third-order valence-corrected chi connectivity index (χ3v) is 6.92. The Hall–Kier alpha value is -1.59. The van der Waals surface area contributed by atoms with E-state index < -0.39 is 0 Å². The molecule has 5 rings (SSSR count). The normalized spacial score (nSPS) is 37.0. The number of aromatic nitrogens is 3. The maximum Gasteiger partial charge on any atom is 0.322 e. The third-order valence-electron chi connectivity index (χ3n) is 6.92. The molecule has 2 N–H and O–H groups in total. The molecule has 132 valence electrons. The molecule has 4 bridgehead atoms. The molecule has 6 nitrogen and oxygen atoms in total. The standard InChI is InChI=1S/C18H29N5O/c1-11(2)17-6-13-5-14(7-17)9-18(8-13,10-17)21-16(24)20-15-19-12(3)23(4)22-15/h11,13-14H,5-10H2,1-4H3,(H2,20,21,22,24). The lowest BCUT2D eigenvalue weighted by Crippen LogP contribution is -2.64. The Kier molecular flexibility index (Phi) is 3.45. The summed E-state index contributed by atoms with van der Waals surface area (Å²) >= 11 is 0. The molecule has 2 atom stereocenters. The van der Waals surface area contributed by atoms with Crippen LogP contribution in [0.4, 0.5) is 10.7 Å². The summed E-state index contributed by atoms with van der Waals surface area (Å²) in [6.45, 7) is 6.60. The first-order valence-corrected chi connectivity index (χ1v) is 9.26. The number of nitrogens with zero attached hydrogens (tertiary/aromatic N) is 3. The predicted molar refractivity (Wildman–Crippen MR) is 92.6 cm³/mol. The van der Waals surface area contributed by atoms with Gasteiger partial charge in [-0.1, -0.05) is 13.8 Å². The molecule has 1 aromatic heterocycles. The first kappa shape index (κ1) is 15.9. The van der Waals surface area contributed by atoms with Gasteiger partial charge in [-0.3, -0.25) is 10.00 Å². The fourth-order valence-electron chi connectivity index (χ4n) is 6.04. The Morgan fingerprint density at radius 2 is 1.92 bits per heavy atom. The minimum Gasteiger partial charge on any atom is -0.332 e. The summed E-state index contributed by atoms with van der Waals surface area (Å²) in [6, 6.07) is -0.151. The fourth-order valence-corrected chi connectivity index (χ4v) is 6.04. The van der Waals surface area contributed by atoms with E-state index in [0.717, 1.165) is 36.9 Å². The van der Waals surface area contributed by atoms with Crippen molar-refractivity contribution in [3.8, 4) is 0 Å². The number of carbonyl (C=O) groups excluding carboxylic acids is 1. The van der Waals surface area contributed by atoms with E-state index in [9.17, 15) is 4.79 Å². The number of amides is 2. The zero-order valence-corrected chi connectivity index (χ0v) is 15.2. The monoisotopic (exact) mass is 331 g/mol. The van der Waals surface area contributed by atoms with Gasteiger partial charge in [-0.05, 0) is 68.6 Å². The van der Waals surface area contributed by atoms with Crippen LogP contribution in [0.25, 0.3) is 0 Å². The highest BCUT2D eigenvalue weighted by molar-refractivity contribution is 5.88. The summed E-state index contributed by atoms with van der Waals surface area (Å²) < 4.78 is 1.67. The molecule has 1 aromatic rings. The van der Waals surface area contributed by atoms with Crippen LogP contribution in [-0.4, -0.2) is 26.3 Å². The second-order valence-electron chi connectivity index (χ2n) is 8.94. The van der Waals surface area contributed by atoms with E-state index in [1.165, 1.54) is 19.3 Å².